The summed E-state index contributed by atoms with van der Waals surface area (Å²) in [4.78, 5) is 153. The number of nitrogens with zero attached hydrogens (tertiary/aromatic N) is 2. The van der Waals surface area contributed by atoms with E-state index in [0.717, 1.165) is 28.0 Å². The third kappa shape index (κ3) is 18.2. The number of rotatable bonds is 17. The van der Waals surface area contributed by atoms with Crippen molar-refractivity contribution >= 4 is 92.5 Å². The molecular formula is C44H67N15O11S2. The van der Waals surface area contributed by atoms with E-state index in [1.54, 1.807) is 30.3 Å². The van der Waals surface area contributed by atoms with E-state index in [-0.39, 0.29) is 75.5 Å². The first kappa shape index (κ1) is 57.9. The van der Waals surface area contributed by atoms with Gasteiger partial charge in [0.2, 0.25) is 65.0 Å². The van der Waals surface area contributed by atoms with E-state index in [1.807, 2.05) is 0 Å². The van der Waals surface area contributed by atoms with Gasteiger partial charge in [-0.05, 0) is 50.5 Å². The number of aliphatic imine (C=N–C) groups is 1. The fourth-order valence-corrected chi connectivity index (χ4v) is 10.6. The number of likely N-dealkylation sites (tertiary alicyclic amines) is 1. The molecule has 72 heavy (non-hydrogen) atoms. The molecule has 19 N–H and O–H groups in total. The van der Waals surface area contributed by atoms with Crippen molar-refractivity contribution < 1.29 is 52.7 Å². The Morgan fingerprint density at radius 2 is 1.42 bits per heavy atom. The third-order valence-electron chi connectivity index (χ3n) is 12.1. The molecule has 26 nitrogen and oxygen atoms in total. The summed E-state index contributed by atoms with van der Waals surface area (Å²) >= 11 is 0. The van der Waals surface area contributed by atoms with Crippen molar-refractivity contribution in [2.45, 2.75) is 131 Å². The number of carbonyl (C=O) groups excluding carboxylic acids is 11. The molecule has 2 saturated heterocycles. The van der Waals surface area contributed by atoms with Gasteiger partial charge in [0.1, 0.15) is 41.8 Å². The molecular weight excluding hydrogens is 979 g/mol. The van der Waals surface area contributed by atoms with Crippen LogP contribution in [0.4, 0.5) is 0 Å². The van der Waals surface area contributed by atoms with Gasteiger partial charge in [-0.3, -0.25) is 57.7 Å². The number of hydrogen-bond acceptors (Lipinski definition) is 15. The van der Waals surface area contributed by atoms with Crippen LogP contribution in [-0.2, 0) is 59.2 Å². The Bertz CT molecular complexity index is 2180. The van der Waals surface area contributed by atoms with E-state index in [9.17, 15) is 52.7 Å². The summed E-state index contributed by atoms with van der Waals surface area (Å²) in [6.07, 6.45) is 1.38. The maximum absolute atomic E-state index is 14.6. The largest absolute Gasteiger partial charge is 0.370 e. The lowest BCUT2D eigenvalue weighted by Crippen LogP contribution is -2.65. The van der Waals surface area contributed by atoms with Crippen molar-refractivity contribution in [3.8, 4) is 0 Å². The molecule has 1 spiro atoms. The van der Waals surface area contributed by atoms with Crippen LogP contribution in [-0.4, -0.2) is 155 Å². The van der Waals surface area contributed by atoms with Gasteiger partial charge in [-0.15, -0.1) is 0 Å². The molecule has 0 aromatic heterocycles. The Balaban J connectivity index is 1.69. The zero-order valence-electron chi connectivity index (χ0n) is 39.8. The molecule has 4 rings (SSSR count). The zero-order chi connectivity index (χ0) is 53.0. The van der Waals surface area contributed by atoms with Crippen LogP contribution in [0.2, 0.25) is 0 Å². The summed E-state index contributed by atoms with van der Waals surface area (Å²) < 4.78 is 0. The first-order valence-corrected chi connectivity index (χ1v) is 26.0. The molecule has 0 unspecified atom stereocenters. The van der Waals surface area contributed by atoms with Gasteiger partial charge < -0.3 is 76.5 Å². The average Bonchev–Trinajstić information content (AvgIpc) is 3.83. The molecule has 7 atom stereocenters. The van der Waals surface area contributed by atoms with Gasteiger partial charge >= 0.3 is 0 Å². The van der Waals surface area contributed by atoms with Crippen molar-refractivity contribution in [3.05, 3.63) is 35.9 Å². The molecule has 2 aliphatic heterocycles. The van der Waals surface area contributed by atoms with E-state index >= 15 is 0 Å². The van der Waals surface area contributed by atoms with E-state index in [2.05, 4.69) is 42.2 Å². The van der Waals surface area contributed by atoms with E-state index in [1.165, 1.54) is 4.90 Å². The average molecular weight is 1050 g/mol. The Morgan fingerprint density at radius 1 is 0.764 bits per heavy atom. The van der Waals surface area contributed by atoms with Crippen molar-refractivity contribution in [2.24, 2.45) is 39.4 Å². The van der Waals surface area contributed by atoms with E-state index in [4.69, 9.17) is 34.4 Å². The second-order valence-electron chi connectivity index (χ2n) is 17.8. The molecule has 396 valence electrons. The molecule has 2 heterocycles. The van der Waals surface area contributed by atoms with Crippen LogP contribution in [0.15, 0.2) is 35.3 Å². The number of amides is 11. The smallest absolute Gasteiger partial charge is 0.246 e. The molecule has 0 bridgehead atoms. The molecule has 3 fully saturated rings. The minimum Gasteiger partial charge on any atom is -0.370 e. The van der Waals surface area contributed by atoms with Crippen LogP contribution < -0.4 is 71.6 Å². The summed E-state index contributed by atoms with van der Waals surface area (Å²) in [5.74, 6) is -9.76. The maximum atomic E-state index is 14.6. The summed E-state index contributed by atoms with van der Waals surface area (Å²) in [6, 6.07) is -1.09. The summed E-state index contributed by atoms with van der Waals surface area (Å²) in [6.45, 7) is -0.392. The first-order valence-electron chi connectivity index (χ1n) is 23.6. The molecule has 1 aliphatic carbocycles. The van der Waals surface area contributed by atoms with Crippen LogP contribution in [0.1, 0.15) is 82.6 Å². The molecule has 1 saturated carbocycles. The lowest BCUT2D eigenvalue weighted by atomic mass is 9.80. The Kier molecular flexibility index (Phi) is 22.8. The fourth-order valence-electron chi connectivity index (χ4n) is 8.36. The highest BCUT2D eigenvalue weighted by molar-refractivity contribution is 8.76. The van der Waals surface area contributed by atoms with Gasteiger partial charge in [-0.1, -0.05) is 71.2 Å². The number of primary amides is 3. The van der Waals surface area contributed by atoms with Gasteiger partial charge in [0.05, 0.1) is 19.0 Å². The molecule has 28 heteroatoms. The lowest BCUT2D eigenvalue weighted by Gasteiger charge is -2.38. The van der Waals surface area contributed by atoms with Crippen LogP contribution in [0.5, 0.6) is 0 Å². The van der Waals surface area contributed by atoms with Crippen molar-refractivity contribution in [1.82, 2.24) is 42.1 Å². The summed E-state index contributed by atoms with van der Waals surface area (Å²) in [7, 11) is 2.10. The number of carbonyl (C=O) groups is 11. The second-order valence-corrected chi connectivity index (χ2v) is 20.3. The third-order valence-corrected chi connectivity index (χ3v) is 14.6. The highest BCUT2D eigenvalue weighted by Crippen LogP contribution is 2.30. The van der Waals surface area contributed by atoms with Crippen molar-refractivity contribution in [2.75, 3.05) is 31.1 Å². The van der Waals surface area contributed by atoms with Crippen LogP contribution >= 0.6 is 21.6 Å². The second kappa shape index (κ2) is 28.4. The van der Waals surface area contributed by atoms with Crippen molar-refractivity contribution in [3.63, 3.8) is 0 Å². The van der Waals surface area contributed by atoms with Gasteiger partial charge in [-0.2, -0.15) is 0 Å². The van der Waals surface area contributed by atoms with E-state index in [0.29, 0.717) is 24.8 Å². The lowest BCUT2D eigenvalue weighted by molar-refractivity contribution is -0.142. The fraction of sp³-hybridized carbons (Fsp3) is 0.591. The number of nitrogens with one attached hydrogen (secondary N) is 7. The zero-order valence-corrected chi connectivity index (χ0v) is 41.5. The molecule has 1 aromatic rings. The van der Waals surface area contributed by atoms with Gasteiger partial charge in [0.25, 0.3) is 0 Å². The number of benzene rings is 1. The monoisotopic (exact) mass is 1050 g/mol. The minimum atomic E-state index is -1.76. The van der Waals surface area contributed by atoms with Gasteiger partial charge in [0.15, 0.2) is 5.96 Å². The Morgan fingerprint density at radius 3 is 2.07 bits per heavy atom. The van der Waals surface area contributed by atoms with E-state index < -0.39 is 132 Å². The van der Waals surface area contributed by atoms with Crippen LogP contribution in [0, 0.1) is 0 Å². The highest BCUT2D eigenvalue weighted by atomic mass is 33.1. The standard InChI is InChI=1S/C44H67N15O11S2/c45-25-22-71-72-23-30(41(69)59-18-8-12-31(59)40(68)54-26(11-7-17-51-43(49)50)36(64)52-21-34(48)62)56-39(67)29(20-33(47)61)55-37(65)27(13-14-32(46)60)53-38(66)28(19-24-9-3-1-4-10-24)57-42(70)44(58-35(25)63)15-5-2-6-16-44/h1,3-4,9-10,25-31H,2,5-8,11-23,45H2,(H2,46,60)(H2,47,61)(H2,48,62)(H,52,64)(H,53,66)(H,54,68)(H,55,65)(H,56,67)(H,57,70)(H,58,63)(H4,49,50,51)/t25-,26-,27-,28-,29-,30-,31-/m0/s1. The molecule has 3 aliphatic rings. The number of hydrogen-bond donors (Lipinski definition) is 13. The van der Waals surface area contributed by atoms with Crippen LogP contribution in [0.3, 0.4) is 0 Å². The summed E-state index contributed by atoms with van der Waals surface area (Å²) in [5, 5.41) is 18.2. The normalized spacial score (nSPS) is 23.9. The van der Waals surface area contributed by atoms with Gasteiger partial charge in [0, 0.05) is 37.4 Å². The highest BCUT2D eigenvalue weighted by Gasteiger charge is 2.44. The Hall–Kier alpha value is -6.68. The number of guanidine groups is 1. The summed E-state index contributed by atoms with van der Waals surface area (Å²) in [5.41, 5.74) is 32.6. The molecule has 1 aromatic carbocycles. The van der Waals surface area contributed by atoms with Crippen LogP contribution in [0.25, 0.3) is 0 Å². The predicted octanol–water partition coefficient (Wildman–Crippen LogP) is -5.02. The molecule has 11 amide bonds. The Labute approximate surface area is 423 Å². The van der Waals surface area contributed by atoms with Gasteiger partial charge in [-0.25, -0.2) is 0 Å². The first-order chi connectivity index (χ1) is 34.2. The topological polar surface area (TPSA) is 444 Å². The maximum Gasteiger partial charge on any atom is 0.246 e. The number of nitrogens with two attached hydrogens (primary N) is 6. The SMILES string of the molecule is NC(=O)CC[C@@H]1NC(=O)[C@H](Cc2ccccc2)NC(=O)C2(CCCCC2)NC(=O)[C@@H](N)CSSC[C@@H](C(=O)N2CCC[C@H]2C(=O)N[C@@H](CCCN=C(N)N)C(=O)NCC(N)=O)NC(=O)[C@H](CC(N)=O)NC1=O. The minimum absolute atomic E-state index is 0.0168. The quantitative estimate of drug-likeness (QED) is 0.0301. The molecule has 0 radical (unpaired) electrons. The predicted molar refractivity (Wildman–Crippen MR) is 266 cm³/mol. The van der Waals surface area contributed by atoms with Crippen molar-refractivity contribution in [1.29, 1.82) is 0 Å².